The summed E-state index contributed by atoms with van der Waals surface area (Å²) >= 11 is 0. The molecule has 0 unspecified atom stereocenters. The van der Waals surface area contributed by atoms with Gasteiger partial charge in [-0.05, 0) is 13.0 Å². The second-order valence-electron chi connectivity index (χ2n) is 3.61. The summed E-state index contributed by atoms with van der Waals surface area (Å²) in [4.78, 5) is 5.04. The van der Waals surface area contributed by atoms with Crippen LogP contribution in [0.2, 0.25) is 0 Å². The molecule has 76 valence electrons. The van der Waals surface area contributed by atoms with Crippen molar-refractivity contribution >= 4 is 0 Å². The van der Waals surface area contributed by atoms with E-state index in [-0.39, 0.29) is 0 Å². The summed E-state index contributed by atoms with van der Waals surface area (Å²) in [5.74, 6) is 0. The van der Waals surface area contributed by atoms with Crippen LogP contribution in [-0.4, -0.2) is 49.1 Å². The van der Waals surface area contributed by atoms with Crippen LogP contribution in [0.1, 0.15) is 20.3 Å². The van der Waals surface area contributed by atoms with Crippen molar-refractivity contribution in [3.05, 3.63) is 12.2 Å². The van der Waals surface area contributed by atoms with E-state index in [4.69, 9.17) is 0 Å². The van der Waals surface area contributed by atoms with Crippen LogP contribution in [0.3, 0.4) is 0 Å². The highest BCUT2D eigenvalue weighted by atomic mass is 15.2. The molecule has 0 radical (unpaired) electrons. The molecule has 0 aromatic heterocycles. The highest BCUT2D eigenvalue weighted by Crippen LogP contribution is 2.00. The van der Waals surface area contributed by atoms with Crippen LogP contribution in [0, 0.1) is 0 Å². The van der Waals surface area contributed by atoms with Gasteiger partial charge >= 0.3 is 0 Å². The Morgan fingerprint density at radius 2 is 1.54 bits per heavy atom. The summed E-state index contributed by atoms with van der Waals surface area (Å²) < 4.78 is 0. The van der Waals surface area contributed by atoms with Crippen molar-refractivity contribution in [2.45, 2.75) is 20.3 Å². The van der Waals surface area contributed by atoms with Crippen molar-refractivity contribution in [2.24, 2.45) is 0 Å². The lowest BCUT2D eigenvalue weighted by atomic mass is 10.3. The molecule has 1 rings (SSSR count). The lowest BCUT2D eigenvalue weighted by Gasteiger charge is -2.33. The Labute approximate surface area is 82.2 Å². The Morgan fingerprint density at radius 3 is 2.08 bits per heavy atom. The van der Waals surface area contributed by atoms with Crippen LogP contribution in [-0.2, 0) is 0 Å². The predicted molar refractivity (Wildman–Crippen MR) is 58.0 cm³/mol. The summed E-state index contributed by atoms with van der Waals surface area (Å²) in [7, 11) is 0. The van der Waals surface area contributed by atoms with Crippen LogP contribution in [0.15, 0.2) is 12.2 Å². The average molecular weight is 182 g/mol. The first kappa shape index (κ1) is 10.7. The first-order valence-electron chi connectivity index (χ1n) is 5.46. The zero-order valence-corrected chi connectivity index (χ0v) is 9.00. The lowest BCUT2D eigenvalue weighted by Crippen LogP contribution is -2.45. The van der Waals surface area contributed by atoms with E-state index in [1.165, 1.54) is 32.7 Å². The van der Waals surface area contributed by atoms with Gasteiger partial charge in [0.05, 0.1) is 0 Å². The Balaban J connectivity index is 2.14. The lowest BCUT2D eigenvalue weighted by molar-refractivity contribution is 0.148. The third-order valence-electron chi connectivity index (χ3n) is 2.68. The Bertz CT molecular complexity index is 146. The maximum atomic E-state index is 2.53. The number of rotatable bonds is 4. The molecule has 2 nitrogen and oxygen atoms in total. The van der Waals surface area contributed by atoms with Crippen molar-refractivity contribution < 1.29 is 0 Å². The Hall–Kier alpha value is -0.340. The molecule has 1 heterocycles. The van der Waals surface area contributed by atoms with Crippen molar-refractivity contribution in [2.75, 3.05) is 39.3 Å². The number of allylic oxidation sites excluding steroid dienone is 1. The minimum atomic E-state index is 1.14. The molecular weight excluding hydrogens is 160 g/mol. The van der Waals surface area contributed by atoms with Crippen LogP contribution < -0.4 is 0 Å². The van der Waals surface area contributed by atoms with Gasteiger partial charge in [-0.2, -0.15) is 0 Å². The van der Waals surface area contributed by atoms with Gasteiger partial charge < -0.3 is 4.90 Å². The molecule has 0 aliphatic carbocycles. The monoisotopic (exact) mass is 182 g/mol. The summed E-state index contributed by atoms with van der Waals surface area (Å²) in [6, 6.07) is 0. The van der Waals surface area contributed by atoms with E-state index in [2.05, 4.69) is 35.8 Å². The molecule has 0 amide bonds. The second kappa shape index (κ2) is 6.17. The van der Waals surface area contributed by atoms with Crippen molar-refractivity contribution in [1.82, 2.24) is 9.80 Å². The highest BCUT2D eigenvalue weighted by molar-refractivity contribution is 4.85. The van der Waals surface area contributed by atoms with E-state index in [0.29, 0.717) is 0 Å². The van der Waals surface area contributed by atoms with Gasteiger partial charge in [0.15, 0.2) is 0 Å². The van der Waals surface area contributed by atoms with Crippen LogP contribution in [0.4, 0.5) is 0 Å². The van der Waals surface area contributed by atoms with Crippen molar-refractivity contribution in [1.29, 1.82) is 0 Å². The topological polar surface area (TPSA) is 6.48 Å². The number of likely N-dealkylation sites (N-methyl/N-ethyl adjacent to an activating group) is 1. The van der Waals surface area contributed by atoms with E-state index < -0.39 is 0 Å². The van der Waals surface area contributed by atoms with Gasteiger partial charge in [-0.15, -0.1) is 0 Å². The number of nitrogens with zero attached hydrogens (tertiary/aromatic N) is 2. The van der Waals surface area contributed by atoms with Gasteiger partial charge in [0.25, 0.3) is 0 Å². The zero-order valence-electron chi connectivity index (χ0n) is 9.00. The standard InChI is InChI=1S/C11H22N2/c1-3-5-6-7-13-10-8-12(4-2)9-11-13/h5-6H,3-4,7-11H2,1-2H3/b6-5+. The van der Waals surface area contributed by atoms with Gasteiger partial charge in [0.1, 0.15) is 0 Å². The Kier molecular flexibility index (Phi) is 5.09. The Morgan fingerprint density at radius 1 is 0.923 bits per heavy atom. The largest absolute Gasteiger partial charge is 0.301 e. The normalized spacial score (nSPS) is 21.4. The molecule has 0 aromatic carbocycles. The smallest absolute Gasteiger partial charge is 0.0164 e. The summed E-state index contributed by atoms with van der Waals surface area (Å²) in [5, 5.41) is 0. The molecule has 13 heavy (non-hydrogen) atoms. The highest BCUT2D eigenvalue weighted by Gasteiger charge is 2.13. The van der Waals surface area contributed by atoms with E-state index in [1.54, 1.807) is 0 Å². The average Bonchev–Trinajstić information content (AvgIpc) is 2.19. The van der Waals surface area contributed by atoms with E-state index in [1.807, 2.05) is 0 Å². The van der Waals surface area contributed by atoms with E-state index in [0.717, 1.165) is 13.0 Å². The maximum Gasteiger partial charge on any atom is 0.0164 e. The van der Waals surface area contributed by atoms with E-state index in [9.17, 15) is 0 Å². The van der Waals surface area contributed by atoms with Crippen LogP contribution in [0.25, 0.3) is 0 Å². The molecule has 2 heteroatoms. The van der Waals surface area contributed by atoms with Crippen molar-refractivity contribution in [3.63, 3.8) is 0 Å². The molecule has 1 aliphatic heterocycles. The molecule has 0 atom stereocenters. The van der Waals surface area contributed by atoms with Gasteiger partial charge in [-0.3, -0.25) is 4.90 Å². The fourth-order valence-electron chi connectivity index (χ4n) is 1.68. The van der Waals surface area contributed by atoms with Gasteiger partial charge in [0.2, 0.25) is 0 Å². The first-order valence-corrected chi connectivity index (χ1v) is 5.46. The number of hydrogen-bond acceptors (Lipinski definition) is 2. The molecule has 0 saturated carbocycles. The number of hydrogen-bond donors (Lipinski definition) is 0. The molecule has 0 bridgehead atoms. The SMILES string of the molecule is CC/C=C/CN1CCN(CC)CC1. The molecule has 0 N–H and O–H groups in total. The van der Waals surface area contributed by atoms with E-state index >= 15 is 0 Å². The molecule has 0 spiro atoms. The summed E-state index contributed by atoms with van der Waals surface area (Å²) in [6.45, 7) is 11.7. The van der Waals surface area contributed by atoms with Gasteiger partial charge in [-0.1, -0.05) is 26.0 Å². The molecule has 1 fully saturated rings. The molecule has 0 aromatic rings. The third kappa shape index (κ3) is 3.92. The fourth-order valence-corrected chi connectivity index (χ4v) is 1.68. The van der Waals surface area contributed by atoms with Crippen LogP contribution in [0.5, 0.6) is 0 Å². The summed E-state index contributed by atoms with van der Waals surface area (Å²) in [5.41, 5.74) is 0. The maximum absolute atomic E-state index is 2.53. The number of piperazine rings is 1. The van der Waals surface area contributed by atoms with Gasteiger partial charge in [0, 0.05) is 32.7 Å². The predicted octanol–water partition coefficient (Wildman–Crippen LogP) is 1.59. The molecular formula is C11H22N2. The minimum absolute atomic E-state index is 1.14. The second-order valence-corrected chi connectivity index (χ2v) is 3.61. The minimum Gasteiger partial charge on any atom is -0.301 e. The fraction of sp³-hybridized carbons (Fsp3) is 0.818. The molecule has 1 saturated heterocycles. The van der Waals surface area contributed by atoms with Crippen LogP contribution >= 0.6 is 0 Å². The quantitative estimate of drug-likeness (QED) is 0.609. The van der Waals surface area contributed by atoms with Crippen molar-refractivity contribution in [3.8, 4) is 0 Å². The summed E-state index contributed by atoms with van der Waals surface area (Å²) in [6.07, 6.45) is 5.71. The third-order valence-corrected chi connectivity index (χ3v) is 2.68. The molecule has 1 aliphatic rings. The van der Waals surface area contributed by atoms with Gasteiger partial charge in [-0.25, -0.2) is 0 Å². The first-order chi connectivity index (χ1) is 6.36. The zero-order chi connectivity index (χ0) is 9.52.